The standard InChI is InChI=1S/C16H11ClF7N3O/c17-9-4-3-5-10(8-9)26-27-14(15(19,20)21,16(22,23)24)25-13(28)11-6-1-2-7-12(11)18/h1-8,26-27H,(H,25,28). The molecule has 0 unspecified atom stereocenters. The van der Waals surface area contributed by atoms with Gasteiger partial charge in [0.15, 0.2) is 0 Å². The fourth-order valence-corrected chi connectivity index (χ4v) is 2.28. The molecule has 2 rings (SSSR count). The summed E-state index contributed by atoms with van der Waals surface area (Å²) < 4.78 is 94.5. The second kappa shape index (κ2) is 7.84. The molecule has 4 nitrogen and oxygen atoms in total. The second-order valence-electron chi connectivity index (χ2n) is 5.44. The van der Waals surface area contributed by atoms with Crippen LogP contribution in [0.15, 0.2) is 48.5 Å². The Bertz CT molecular complexity index is 841. The molecule has 0 aliphatic carbocycles. The average molecular weight is 430 g/mol. The molecule has 0 heterocycles. The van der Waals surface area contributed by atoms with E-state index in [1.165, 1.54) is 12.1 Å². The number of carbonyl (C=O) groups excluding carboxylic acids is 1. The average Bonchev–Trinajstić information content (AvgIpc) is 2.56. The van der Waals surface area contributed by atoms with E-state index < -0.39 is 35.3 Å². The number of nitrogens with one attached hydrogen (secondary N) is 3. The van der Waals surface area contributed by atoms with Crippen molar-refractivity contribution >= 4 is 23.2 Å². The van der Waals surface area contributed by atoms with Gasteiger partial charge >= 0.3 is 18.0 Å². The summed E-state index contributed by atoms with van der Waals surface area (Å²) >= 11 is 5.63. The summed E-state index contributed by atoms with van der Waals surface area (Å²) in [5, 5.41) is 0.851. The molecular formula is C16H11ClF7N3O. The maximum Gasteiger partial charge on any atom is 0.436 e. The van der Waals surface area contributed by atoms with Gasteiger partial charge in [-0.2, -0.15) is 31.8 Å². The largest absolute Gasteiger partial charge is 0.436 e. The zero-order valence-corrected chi connectivity index (χ0v) is 14.3. The summed E-state index contributed by atoms with van der Waals surface area (Å²) in [5.74, 6) is -3.21. The molecule has 0 bridgehead atoms. The van der Waals surface area contributed by atoms with E-state index in [9.17, 15) is 35.5 Å². The van der Waals surface area contributed by atoms with Gasteiger partial charge < -0.3 is 10.7 Å². The summed E-state index contributed by atoms with van der Waals surface area (Å²) in [4.78, 5) is 12.0. The minimum Gasteiger partial charge on any atom is -0.319 e. The number of hydrazine groups is 1. The maximum absolute atomic E-state index is 13.6. The van der Waals surface area contributed by atoms with Crippen LogP contribution in [0.2, 0.25) is 5.02 Å². The van der Waals surface area contributed by atoms with E-state index in [-0.39, 0.29) is 10.7 Å². The van der Waals surface area contributed by atoms with Gasteiger partial charge in [0.05, 0.1) is 11.3 Å². The predicted octanol–water partition coefficient (Wildman–Crippen LogP) is 4.65. The van der Waals surface area contributed by atoms with E-state index >= 15 is 0 Å². The Hall–Kier alpha value is -2.53. The fraction of sp³-hybridized carbons (Fsp3) is 0.188. The van der Waals surface area contributed by atoms with Gasteiger partial charge in [-0.05, 0) is 30.3 Å². The highest BCUT2D eigenvalue weighted by atomic mass is 35.5. The van der Waals surface area contributed by atoms with Gasteiger partial charge in [-0.1, -0.05) is 29.8 Å². The van der Waals surface area contributed by atoms with Crippen molar-refractivity contribution in [3.63, 3.8) is 0 Å². The van der Waals surface area contributed by atoms with Gasteiger partial charge in [-0.3, -0.25) is 4.79 Å². The normalized spacial score (nSPS) is 12.6. The smallest absolute Gasteiger partial charge is 0.319 e. The maximum atomic E-state index is 13.6. The lowest BCUT2D eigenvalue weighted by molar-refractivity contribution is -0.312. The third-order valence-electron chi connectivity index (χ3n) is 3.49. The molecule has 2 aromatic rings. The van der Waals surface area contributed by atoms with Crippen molar-refractivity contribution < 1.29 is 35.5 Å². The van der Waals surface area contributed by atoms with E-state index in [1.807, 2.05) is 0 Å². The first-order valence-corrected chi connectivity index (χ1v) is 7.74. The molecule has 2 aromatic carbocycles. The monoisotopic (exact) mass is 429 g/mol. The first kappa shape index (κ1) is 21.8. The first-order chi connectivity index (χ1) is 12.9. The highest BCUT2D eigenvalue weighted by Gasteiger charge is 2.72. The minimum absolute atomic E-state index is 0.0341. The molecule has 28 heavy (non-hydrogen) atoms. The Morgan fingerprint density at radius 3 is 2.04 bits per heavy atom. The molecule has 0 fully saturated rings. The molecule has 0 aliphatic rings. The van der Waals surface area contributed by atoms with Gasteiger partial charge in [-0.25, -0.2) is 4.39 Å². The summed E-state index contributed by atoms with van der Waals surface area (Å²) in [6, 6.07) is 8.45. The molecule has 12 heteroatoms. The lowest BCUT2D eigenvalue weighted by atomic mass is 10.1. The quantitative estimate of drug-likeness (QED) is 0.368. The molecular weight excluding hydrogens is 419 g/mol. The van der Waals surface area contributed by atoms with Crippen LogP contribution in [0.4, 0.5) is 36.4 Å². The number of carbonyl (C=O) groups is 1. The van der Waals surface area contributed by atoms with Crippen molar-refractivity contribution in [2.45, 2.75) is 18.0 Å². The third kappa shape index (κ3) is 4.47. The van der Waals surface area contributed by atoms with Crippen LogP contribution in [-0.4, -0.2) is 23.9 Å². The second-order valence-corrected chi connectivity index (χ2v) is 5.88. The van der Waals surface area contributed by atoms with Crippen LogP contribution in [0.25, 0.3) is 0 Å². The predicted molar refractivity (Wildman–Crippen MR) is 86.9 cm³/mol. The van der Waals surface area contributed by atoms with Crippen molar-refractivity contribution in [2.75, 3.05) is 5.43 Å². The van der Waals surface area contributed by atoms with Crippen LogP contribution in [0.5, 0.6) is 0 Å². The molecule has 0 atom stereocenters. The Labute approximate surface area is 158 Å². The van der Waals surface area contributed by atoms with E-state index in [0.717, 1.165) is 47.1 Å². The van der Waals surface area contributed by atoms with Crippen molar-refractivity contribution in [1.29, 1.82) is 0 Å². The van der Waals surface area contributed by atoms with Gasteiger partial charge in [0.25, 0.3) is 5.91 Å². The highest BCUT2D eigenvalue weighted by molar-refractivity contribution is 6.30. The van der Waals surface area contributed by atoms with Gasteiger partial charge in [0, 0.05) is 5.02 Å². The number of rotatable bonds is 5. The molecule has 1 amide bonds. The molecule has 152 valence electrons. The van der Waals surface area contributed by atoms with Crippen molar-refractivity contribution in [1.82, 2.24) is 10.7 Å². The number of hydrogen-bond acceptors (Lipinski definition) is 3. The van der Waals surface area contributed by atoms with Crippen LogP contribution in [0.1, 0.15) is 10.4 Å². The number of benzene rings is 2. The van der Waals surface area contributed by atoms with Gasteiger partial charge in [0.1, 0.15) is 5.82 Å². The molecule has 3 N–H and O–H groups in total. The first-order valence-electron chi connectivity index (χ1n) is 7.36. The Morgan fingerprint density at radius 2 is 1.50 bits per heavy atom. The number of halogens is 8. The molecule has 0 spiro atoms. The lowest BCUT2D eigenvalue weighted by Gasteiger charge is -2.38. The van der Waals surface area contributed by atoms with Crippen LogP contribution in [0.3, 0.4) is 0 Å². The number of alkyl halides is 6. The number of hydrogen-bond donors (Lipinski definition) is 3. The zero-order chi connectivity index (χ0) is 21.2. The minimum atomic E-state index is -6.06. The summed E-state index contributed by atoms with van der Waals surface area (Å²) in [5.41, 5.74) is -3.38. The van der Waals surface area contributed by atoms with E-state index in [0.29, 0.717) is 0 Å². The van der Waals surface area contributed by atoms with Crippen LogP contribution in [0, 0.1) is 5.82 Å². The molecule has 0 saturated heterocycles. The van der Waals surface area contributed by atoms with E-state index in [2.05, 4.69) is 0 Å². The SMILES string of the molecule is O=C(NC(NNc1cccc(Cl)c1)(C(F)(F)F)C(F)(F)F)c1ccccc1F. The van der Waals surface area contributed by atoms with Crippen LogP contribution >= 0.6 is 11.6 Å². The highest BCUT2D eigenvalue weighted by Crippen LogP contribution is 2.41. The van der Waals surface area contributed by atoms with Crippen molar-refractivity contribution in [2.24, 2.45) is 0 Å². The Morgan fingerprint density at radius 1 is 0.893 bits per heavy atom. The summed E-state index contributed by atoms with van der Waals surface area (Å²) in [7, 11) is 0. The van der Waals surface area contributed by atoms with Crippen LogP contribution in [-0.2, 0) is 0 Å². The molecule has 0 radical (unpaired) electrons. The number of amides is 1. The summed E-state index contributed by atoms with van der Waals surface area (Å²) in [6.45, 7) is 0. The Balaban J connectivity index is 2.43. The van der Waals surface area contributed by atoms with E-state index in [4.69, 9.17) is 11.6 Å². The van der Waals surface area contributed by atoms with Crippen molar-refractivity contribution in [3.05, 3.63) is 64.9 Å². The Kier molecular flexibility index (Phi) is 6.09. The van der Waals surface area contributed by atoms with Crippen LogP contribution < -0.4 is 16.2 Å². The molecule has 0 saturated carbocycles. The molecule has 0 aliphatic heterocycles. The summed E-state index contributed by atoms with van der Waals surface area (Å²) in [6.07, 6.45) is -12.1. The zero-order valence-electron chi connectivity index (χ0n) is 13.6. The fourth-order valence-electron chi connectivity index (χ4n) is 2.09. The topological polar surface area (TPSA) is 53.2 Å². The van der Waals surface area contributed by atoms with E-state index in [1.54, 1.807) is 5.43 Å². The molecule has 0 aromatic heterocycles. The lowest BCUT2D eigenvalue weighted by Crippen LogP contribution is -2.76. The van der Waals surface area contributed by atoms with Gasteiger partial charge in [-0.15, -0.1) is 0 Å². The van der Waals surface area contributed by atoms with Crippen molar-refractivity contribution in [3.8, 4) is 0 Å². The number of anilines is 1. The third-order valence-corrected chi connectivity index (χ3v) is 3.72. The van der Waals surface area contributed by atoms with Gasteiger partial charge in [0.2, 0.25) is 0 Å².